The van der Waals surface area contributed by atoms with Gasteiger partial charge in [-0.2, -0.15) is 10.4 Å². The lowest BCUT2D eigenvalue weighted by atomic mass is 9.93. The number of hydrogen-bond acceptors (Lipinski definition) is 5. The number of aromatic nitrogens is 3. The van der Waals surface area contributed by atoms with Crippen LogP contribution in [-0.4, -0.2) is 28.0 Å². The van der Waals surface area contributed by atoms with Crippen LogP contribution in [0.2, 0.25) is 0 Å². The zero-order valence-electron chi connectivity index (χ0n) is 14.5. The van der Waals surface area contributed by atoms with E-state index in [-0.39, 0.29) is 11.7 Å². The molecule has 0 saturated carbocycles. The molecule has 1 unspecified atom stereocenters. The van der Waals surface area contributed by atoms with Gasteiger partial charge < -0.3 is 10.5 Å². The number of ether oxygens (including phenoxy) is 1. The molecular formula is C20H19N5O. The minimum atomic E-state index is 0.181. The van der Waals surface area contributed by atoms with Gasteiger partial charge in [-0.15, -0.1) is 0 Å². The number of para-hydroxylation sites is 1. The predicted molar refractivity (Wildman–Crippen MR) is 98.8 cm³/mol. The summed E-state index contributed by atoms with van der Waals surface area (Å²) in [5.41, 5.74) is 11.2. The number of aryl methyl sites for hydroxylation is 1. The smallest absolute Gasteiger partial charge is 0.142 e. The van der Waals surface area contributed by atoms with E-state index in [4.69, 9.17) is 10.5 Å². The molecule has 6 nitrogen and oxygen atoms in total. The van der Waals surface area contributed by atoms with Gasteiger partial charge in [0.05, 0.1) is 29.7 Å². The van der Waals surface area contributed by atoms with Crippen LogP contribution in [0.15, 0.2) is 42.7 Å². The Hall–Kier alpha value is -3.17. The lowest BCUT2D eigenvalue weighted by Gasteiger charge is -2.13. The van der Waals surface area contributed by atoms with Crippen molar-refractivity contribution in [2.45, 2.75) is 19.3 Å². The van der Waals surface area contributed by atoms with Gasteiger partial charge in [0, 0.05) is 24.3 Å². The normalized spacial score (nSPS) is 16.5. The summed E-state index contributed by atoms with van der Waals surface area (Å²) < 4.78 is 7.32. The molecule has 130 valence electrons. The van der Waals surface area contributed by atoms with Crippen LogP contribution in [0, 0.1) is 18.3 Å². The summed E-state index contributed by atoms with van der Waals surface area (Å²) in [4.78, 5) is 4.44. The standard InChI is InChI=1S/C20H19N5O/c1-13-4-2-3-5-19(13)25-11-15(10-23-25)18-8-16(14-6-7-26-12-14)17(9-21)20(22)24-18/h2-5,8,10-11,14H,6-7,12H2,1H3,(H2,22,24). The van der Waals surface area contributed by atoms with Crippen molar-refractivity contribution in [3.05, 3.63) is 59.4 Å². The Morgan fingerprint density at radius 1 is 1.35 bits per heavy atom. The van der Waals surface area contributed by atoms with E-state index in [0.717, 1.165) is 34.5 Å². The Morgan fingerprint density at radius 2 is 2.19 bits per heavy atom. The Bertz CT molecular complexity index is 996. The molecule has 3 aromatic rings. The second kappa shape index (κ2) is 6.62. The van der Waals surface area contributed by atoms with Crippen molar-refractivity contribution in [3.8, 4) is 23.0 Å². The number of rotatable bonds is 3. The molecule has 0 radical (unpaired) electrons. The van der Waals surface area contributed by atoms with Gasteiger partial charge in [0.1, 0.15) is 11.9 Å². The zero-order valence-corrected chi connectivity index (χ0v) is 14.5. The molecule has 1 atom stereocenters. The molecule has 6 heteroatoms. The fraction of sp³-hybridized carbons (Fsp3) is 0.250. The van der Waals surface area contributed by atoms with Gasteiger partial charge in [-0.3, -0.25) is 0 Å². The topological polar surface area (TPSA) is 89.8 Å². The van der Waals surface area contributed by atoms with Gasteiger partial charge in [0.25, 0.3) is 0 Å². The fourth-order valence-corrected chi connectivity index (χ4v) is 3.36. The number of pyridine rings is 1. The second-order valence-corrected chi connectivity index (χ2v) is 6.49. The summed E-state index contributed by atoms with van der Waals surface area (Å²) in [6.07, 6.45) is 4.60. The van der Waals surface area contributed by atoms with E-state index in [1.807, 2.05) is 48.1 Å². The van der Waals surface area contributed by atoms with E-state index in [2.05, 4.69) is 16.2 Å². The highest BCUT2D eigenvalue weighted by Gasteiger charge is 2.24. The van der Waals surface area contributed by atoms with Gasteiger partial charge in [-0.25, -0.2) is 9.67 Å². The van der Waals surface area contributed by atoms with E-state index in [0.29, 0.717) is 18.8 Å². The molecule has 2 aromatic heterocycles. The monoisotopic (exact) mass is 345 g/mol. The Kier molecular flexibility index (Phi) is 4.15. The van der Waals surface area contributed by atoms with Crippen LogP contribution in [-0.2, 0) is 4.74 Å². The molecule has 1 fully saturated rings. The molecule has 1 aromatic carbocycles. The molecular weight excluding hydrogens is 326 g/mol. The van der Waals surface area contributed by atoms with Crippen LogP contribution in [0.5, 0.6) is 0 Å². The molecule has 1 saturated heterocycles. The van der Waals surface area contributed by atoms with E-state index in [1.54, 1.807) is 6.20 Å². The van der Waals surface area contributed by atoms with E-state index in [1.165, 1.54) is 0 Å². The van der Waals surface area contributed by atoms with Crippen LogP contribution in [0.1, 0.15) is 29.0 Å². The number of nitriles is 1. The third-order valence-corrected chi connectivity index (χ3v) is 4.80. The second-order valence-electron chi connectivity index (χ2n) is 6.49. The summed E-state index contributed by atoms with van der Waals surface area (Å²) in [7, 11) is 0. The highest BCUT2D eigenvalue weighted by Crippen LogP contribution is 2.33. The molecule has 0 amide bonds. The highest BCUT2D eigenvalue weighted by molar-refractivity contribution is 5.66. The van der Waals surface area contributed by atoms with E-state index < -0.39 is 0 Å². The summed E-state index contributed by atoms with van der Waals surface area (Å²) >= 11 is 0. The first kappa shape index (κ1) is 16.3. The number of hydrogen-bond donors (Lipinski definition) is 1. The molecule has 0 aliphatic carbocycles. The summed E-state index contributed by atoms with van der Waals surface area (Å²) in [6, 6.07) is 12.2. The number of nitrogen functional groups attached to an aromatic ring is 1. The number of anilines is 1. The lowest BCUT2D eigenvalue weighted by Crippen LogP contribution is -2.06. The van der Waals surface area contributed by atoms with Crippen LogP contribution in [0.4, 0.5) is 5.82 Å². The average Bonchev–Trinajstić information content (AvgIpc) is 3.33. The van der Waals surface area contributed by atoms with Gasteiger partial charge in [0.2, 0.25) is 0 Å². The quantitative estimate of drug-likeness (QED) is 0.787. The third-order valence-electron chi connectivity index (χ3n) is 4.80. The molecule has 1 aliphatic rings. The third kappa shape index (κ3) is 2.83. The van der Waals surface area contributed by atoms with Gasteiger partial charge >= 0.3 is 0 Å². The average molecular weight is 345 g/mol. The van der Waals surface area contributed by atoms with Gasteiger partial charge in [0.15, 0.2) is 0 Å². The summed E-state index contributed by atoms with van der Waals surface area (Å²) in [5, 5.41) is 13.9. The minimum Gasteiger partial charge on any atom is -0.383 e. The molecule has 1 aliphatic heterocycles. The molecule has 2 N–H and O–H groups in total. The van der Waals surface area contributed by atoms with E-state index >= 15 is 0 Å². The first-order valence-corrected chi connectivity index (χ1v) is 8.56. The molecule has 26 heavy (non-hydrogen) atoms. The lowest BCUT2D eigenvalue weighted by molar-refractivity contribution is 0.194. The number of nitrogens with zero attached hydrogens (tertiary/aromatic N) is 4. The first-order chi connectivity index (χ1) is 12.7. The van der Waals surface area contributed by atoms with E-state index in [9.17, 15) is 5.26 Å². The van der Waals surface area contributed by atoms with Crippen LogP contribution >= 0.6 is 0 Å². The molecule has 0 spiro atoms. The largest absolute Gasteiger partial charge is 0.383 e. The van der Waals surface area contributed by atoms with Crippen molar-refractivity contribution in [1.29, 1.82) is 5.26 Å². The molecule has 3 heterocycles. The molecule has 4 rings (SSSR count). The Labute approximate surface area is 151 Å². The Morgan fingerprint density at radius 3 is 2.92 bits per heavy atom. The van der Waals surface area contributed by atoms with Crippen LogP contribution in [0.25, 0.3) is 16.9 Å². The fourth-order valence-electron chi connectivity index (χ4n) is 3.36. The maximum Gasteiger partial charge on any atom is 0.142 e. The number of nitrogens with two attached hydrogens (primary N) is 1. The van der Waals surface area contributed by atoms with Crippen molar-refractivity contribution in [3.63, 3.8) is 0 Å². The van der Waals surface area contributed by atoms with Crippen molar-refractivity contribution in [1.82, 2.24) is 14.8 Å². The number of benzene rings is 1. The molecule has 0 bridgehead atoms. The maximum atomic E-state index is 9.48. The van der Waals surface area contributed by atoms with Crippen molar-refractivity contribution >= 4 is 5.82 Å². The maximum absolute atomic E-state index is 9.48. The van der Waals surface area contributed by atoms with Crippen molar-refractivity contribution < 1.29 is 4.74 Å². The predicted octanol–water partition coefficient (Wildman–Crippen LogP) is 3.20. The highest BCUT2D eigenvalue weighted by atomic mass is 16.5. The zero-order chi connectivity index (χ0) is 18.1. The van der Waals surface area contributed by atoms with Crippen LogP contribution in [0.3, 0.4) is 0 Å². The van der Waals surface area contributed by atoms with Gasteiger partial charge in [-0.1, -0.05) is 18.2 Å². The summed E-state index contributed by atoms with van der Waals surface area (Å²) in [6.45, 7) is 3.37. The minimum absolute atomic E-state index is 0.181. The SMILES string of the molecule is Cc1ccccc1-n1cc(-c2cc(C3CCOC3)c(C#N)c(N)n2)cn1. The van der Waals surface area contributed by atoms with Crippen molar-refractivity contribution in [2.24, 2.45) is 0 Å². The van der Waals surface area contributed by atoms with Crippen LogP contribution < -0.4 is 5.73 Å². The first-order valence-electron chi connectivity index (χ1n) is 8.56. The Balaban J connectivity index is 1.77. The van der Waals surface area contributed by atoms with Gasteiger partial charge in [-0.05, 0) is 36.6 Å². The summed E-state index contributed by atoms with van der Waals surface area (Å²) in [5.74, 6) is 0.440. The van der Waals surface area contributed by atoms with Crippen molar-refractivity contribution in [2.75, 3.05) is 18.9 Å².